The molecule has 0 saturated carbocycles. The smallest absolute Gasteiger partial charge is 0.387 e. The molecule has 8 nitrogen and oxygen atoms in total. The fraction of sp³-hybridized carbons (Fsp3) is 0.732. The molecule has 3 unspecified atom stereocenters. The Labute approximate surface area is 306 Å². The van der Waals surface area contributed by atoms with Gasteiger partial charge in [0.1, 0.15) is 0 Å². The van der Waals surface area contributed by atoms with Crippen LogP contribution in [0, 0.1) is 0 Å². The number of hydrogen-bond donors (Lipinski definition) is 4. The van der Waals surface area contributed by atoms with E-state index in [1.807, 2.05) is 6.08 Å². The molecule has 0 bridgehead atoms. The summed E-state index contributed by atoms with van der Waals surface area (Å²) in [4.78, 5) is 22.6. The van der Waals surface area contributed by atoms with Gasteiger partial charge >= 0.3 is 7.82 Å². The number of phosphoric ester groups is 1. The van der Waals surface area contributed by atoms with Gasteiger partial charge in [-0.2, -0.15) is 0 Å². The van der Waals surface area contributed by atoms with Crippen LogP contribution < -0.4 is 11.1 Å². The predicted octanol–water partition coefficient (Wildman–Crippen LogP) is 10.7. The molecule has 0 fully saturated rings. The van der Waals surface area contributed by atoms with Gasteiger partial charge in [0.2, 0.25) is 5.91 Å². The fourth-order valence-corrected chi connectivity index (χ4v) is 6.12. The molecule has 0 aliphatic carbocycles. The highest BCUT2D eigenvalue weighted by molar-refractivity contribution is 7.47. The summed E-state index contributed by atoms with van der Waals surface area (Å²) in [5, 5.41) is 13.6. The van der Waals surface area contributed by atoms with Crippen molar-refractivity contribution >= 4 is 13.7 Å². The highest BCUT2D eigenvalue weighted by Gasteiger charge is 2.26. The Hall–Kier alpha value is -1.80. The maximum Gasteiger partial charge on any atom is 0.472 e. The molecule has 0 radical (unpaired) electrons. The fourth-order valence-electron chi connectivity index (χ4n) is 5.36. The van der Waals surface area contributed by atoms with E-state index in [2.05, 4.69) is 67.8 Å². The molecule has 5 N–H and O–H groups in total. The quantitative estimate of drug-likeness (QED) is 0.0288. The van der Waals surface area contributed by atoms with E-state index < -0.39 is 20.0 Å². The lowest BCUT2D eigenvalue weighted by atomic mass is 10.0. The van der Waals surface area contributed by atoms with Gasteiger partial charge < -0.3 is 21.1 Å². The first-order chi connectivity index (χ1) is 24.4. The van der Waals surface area contributed by atoms with Crippen LogP contribution in [0.25, 0.3) is 0 Å². The first-order valence-corrected chi connectivity index (χ1v) is 21.4. The topological polar surface area (TPSA) is 131 Å². The summed E-state index contributed by atoms with van der Waals surface area (Å²) in [5.74, 6) is -0.237. The van der Waals surface area contributed by atoms with Crippen molar-refractivity contribution in [3.05, 3.63) is 60.8 Å². The molecule has 0 saturated heterocycles. The van der Waals surface area contributed by atoms with Gasteiger partial charge in [-0.3, -0.25) is 13.8 Å². The molecule has 0 heterocycles. The Kier molecular flexibility index (Phi) is 35.6. The zero-order chi connectivity index (χ0) is 36.8. The number of allylic oxidation sites excluding steroid dienone is 9. The molecule has 0 spiro atoms. The standard InChI is InChI=1S/C41H75N2O6P/c1-3-5-7-9-11-13-15-17-19-21-22-24-26-28-30-32-34-40(44)39(38-49-50(46,47)48-37-36-42)43-41(45)35-33-31-29-27-25-23-20-18-16-14-12-10-8-6-4-2/h6,8,12,14,18,20,25,27,32,34,39-40,44H,3-5,7,9-11,13,15-17,19,21-24,26,28-31,33,35-38,42H2,1-2H3,(H,43,45)(H,46,47)/b8-6-,14-12-,20-18-,27-25-,34-32+. The van der Waals surface area contributed by atoms with Crippen molar-refractivity contribution < 1.29 is 28.4 Å². The molecule has 0 aliphatic rings. The Morgan fingerprint density at radius 1 is 0.680 bits per heavy atom. The van der Waals surface area contributed by atoms with Crippen molar-refractivity contribution in [2.24, 2.45) is 5.73 Å². The third kappa shape index (κ3) is 34.6. The molecule has 0 aliphatic heterocycles. The van der Waals surface area contributed by atoms with E-state index in [0.29, 0.717) is 12.8 Å². The number of amides is 1. The normalized spacial score (nSPS) is 14.9. The van der Waals surface area contributed by atoms with Gasteiger partial charge in [-0.1, -0.05) is 158 Å². The van der Waals surface area contributed by atoms with E-state index in [0.717, 1.165) is 57.8 Å². The van der Waals surface area contributed by atoms with Crippen LogP contribution in [0.4, 0.5) is 0 Å². The first-order valence-electron chi connectivity index (χ1n) is 19.9. The summed E-state index contributed by atoms with van der Waals surface area (Å²) in [7, 11) is -4.35. The van der Waals surface area contributed by atoms with Gasteiger partial charge in [-0.15, -0.1) is 0 Å². The molecule has 3 atom stereocenters. The van der Waals surface area contributed by atoms with Crippen molar-refractivity contribution in [3.63, 3.8) is 0 Å². The Morgan fingerprint density at radius 3 is 1.70 bits per heavy atom. The van der Waals surface area contributed by atoms with E-state index in [1.54, 1.807) is 6.08 Å². The van der Waals surface area contributed by atoms with E-state index >= 15 is 0 Å². The number of carbonyl (C=O) groups excluding carboxylic acids is 1. The van der Waals surface area contributed by atoms with Crippen LogP contribution in [-0.2, 0) is 18.4 Å². The lowest BCUT2D eigenvalue weighted by Gasteiger charge is -2.23. The highest BCUT2D eigenvalue weighted by Crippen LogP contribution is 2.43. The van der Waals surface area contributed by atoms with Gasteiger partial charge in [0.15, 0.2) is 0 Å². The van der Waals surface area contributed by atoms with Crippen LogP contribution in [0.5, 0.6) is 0 Å². The van der Waals surface area contributed by atoms with Gasteiger partial charge in [-0.05, 0) is 57.8 Å². The molecule has 0 rings (SSSR count). The van der Waals surface area contributed by atoms with E-state index in [-0.39, 0.29) is 25.7 Å². The highest BCUT2D eigenvalue weighted by atomic mass is 31.2. The van der Waals surface area contributed by atoms with Crippen LogP contribution in [0.1, 0.15) is 162 Å². The van der Waals surface area contributed by atoms with Crippen molar-refractivity contribution in [3.8, 4) is 0 Å². The number of nitrogens with two attached hydrogens (primary N) is 1. The Bertz CT molecular complexity index is 965. The van der Waals surface area contributed by atoms with E-state index in [9.17, 15) is 19.4 Å². The molecular formula is C41H75N2O6P. The summed E-state index contributed by atoms with van der Waals surface area (Å²) in [6.45, 7) is 3.97. The third-order valence-corrected chi connectivity index (χ3v) is 9.33. The van der Waals surface area contributed by atoms with Crippen LogP contribution >= 0.6 is 7.82 Å². The zero-order valence-electron chi connectivity index (χ0n) is 31.9. The Balaban J connectivity index is 4.37. The summed E-state index contributed by atoms with van der Waals surface area (Å²) < 4.78 is 22.0. The minimum Gasteiger partial charge on any atom is -0.387 e. The number of nitrogens with one attached hydrogen (secondary N) is 1. The molecule has 50 heavy (non-hydrogen) atoms. The summed E-state index contributed by atoms with van der Waals surface area (Å²) in [6, 6.07) is -0.883. The number of carbonyl (C=O) groups is 1. The predicted molar refractivity (Wildman–Crippen MR) is 212 cm³/mol. The average Bonchev–Trinajstić information content (AvgIpc) is 3.10. The number of unbranched alkanes of at least 4 members (excludes halogenated alkanes) is 16. The second kappa shape index (κ2) is 37.0. The van der Waals surface area contributed by atoms with Crippen molar-refractivity contribution in [2.75, 3.05) is 19.8 Å². The maximum absolute atomic E-state index is 12.7. The zero-order valence-corrected chi connectivity index (χ0v) is 32.8. The minimum absolute atomic E-state index is 0.0691. The number of phosphoric acid groups is 1. The van der Waals surface area contributed by atoms with Crippen molar-refractivity contribution in [1.29, 1.82) is 0 Å². The first kappa shape index (κ1) is 48.2. The molecule has 0 aromatic rings. The molecule has 290 valence electrons. The van der Waals surface area contributed by atoms with Crippen molar-refractivity contribution in [1.82, 2.24) is 5.32 Å². The lowest BCUT2D eigenvalue weighted by Crippen LogP contribution is -2.45. The molecular weight excluding hydrogens is 647 g/mol. The third-order valence-electron chi connectivity index (χ3n) is 8.35. The molecule has 1 amide bonds. The number of aliphatic hydroxyl groups is 1. The van der Waals surface area contributed by atoms with Crippen LogP contribution in [0.15, 0.2) is 60.8 Å². The van der Waals surface area contributed by atoms with E-state index in [4.69, 9.17) is 14.8 Å². The second-order valence-electron chi connectivity index (χ2n) is 13.1. The van der Waals surface area contributed by atoms with Gasteiger partial charge in [0.05, 0.1) is 25.4 Å². The summed E-state index contributed by atoms with van der Waals surface area (Å²) in [5.41, 5.74) is 5.36. The average molecular weight is 723 g/mol. The monoisotopic (exact) mass is 723 g/mol. The van der Waals surface area contributed by atoms with Crippen molar-refractivity contribution in [2.45, 2.75) is 174 Å². The lowest BCUT2D eigenvalue weighted by molar-refractivity contribution is -0.123. The van der Waals surface area contributed by atoms with Gasteiger partial charge in [0.25, 0.3) is 0 Å². The number of hydrogen-bond acceptors (Lipinski definition) is 6. The van der Waals surface area contributed by atoms with Crippen LogP contribution in [-0.4, -0.2) is 47.8 Å². The van der Waals surface area contributed by atoms with Gasteiger partial charge in [-0.25, -0.2) is 4.57 Å². The number of aliphatic hydroxyl groups excluding tert-OH is 1. The molecule has 0 aromatic heterocycles. The van der Waals surface area contributed by atoms with Crippen LogP contribution in [0.2, 0.25) is 0 Å². The Morgan fingerprint density at radius 2 is 1.16 bits per heavy atom. The summed E-state index contributed by atoms with van der Waals surface area (Å²) >= 11 is 0. The maximum atomic E-state index is 12.7. The number of rotatable bonds is 36. The molecule has 9 heteroatoms. The second-order valence-corrected chi connectivity index (χ2v) is 14.6. The van der Waals surface area contributed by atoms with E-state index in [1.165, 1.54) is 77.0 Å². The van der Waals surface area contributed by atoms with Crippen LogP contribution in [0.3, 0.4) is 0 Å². The largest absolute Gasteiger partial charge is 0.472 e. The van der Waals surface area contributed by atoms with Gasteiger partial charge in [0, 0.05) is 13.0 Å². The SMILES string of the molecule is CC/C=C\C/C=C\C/C=C\C/C=C\CCCCC(=O)NC(COP(=O)(O)OCCN)C(O)/C=C/CCCCCCCCCCCCCCCC. The minimum atomic E-state index is -4.35. The molecule has 0 aromatic carbocycles. The summed E-state index contributed by atoms with van der Waals surface area (Å²) in [6.07, 6.45) is 45.5.